The summed E-state index contributed by atoms with van der Waals surface area (Å²) in [6.07, 6.45) is 0.581. The van der Waals surface area contributed by atoms with E-state index in [1.807, 2.05) is 19.1 Å². The number of hydrogen-bond acceptors (Lipinski definition) is 4. The summed E-state index contributed by atoms with van der Waals surface area (Å²) in [5.41, 5.74) is 7.57. The highest BCUT2D eigenvalue weighted by atomic mass is 35.5. The molecule has 0 radical (unpaired) electrons. The van der Waals surface area contributed by atoms with Crippen molar-refractivity contribution in [3.63, 3.8) is 0 Å². The Labute approximate surface area is 137 Å². The number of benzene rings is 2. The Balaban J connectivity index is 2.23. The average molecular weight is 331 g/mol. The van der Waals surface area contributed by atoms with Crippen LogP contribution in [0.25, 0.3) is 10.9 Å². The van der Waals surface area contributed by atoms with Crippen molar-refractivity contribution in [2.24, 2.45) is 5.73 Å². The van der Waals surface area contributed by atoms with Gasteiger partial charge in [0.1, 0.15) is 5.52 Å². The molecular weight excluding hydrogens is 316 g/mol. The van der Waals surface area contributed by atoms with E-state index in [0.29, 0.717) is 28.0 Å². The van der Waals surface area contributed by atoms with Crippen molar-refractivity contribution in [3.8, 4) is 0 Å². The number of nitro benzene ring substituents is 1. The summed E-state index contributed by atoms with van der Waals surface area (Å²) in [5, 5.41) is 19.5. The van der Waals surface area contributed by atoms with Gasteiger partial charge < -0.3 is 5.73 Å². The molecule has 0 amide bonds. The third kappa shape index (κ3) is 2.46. The fraction of sp³-hybridized carbons (Fsp3) is 0.188. The number of nitro groups is 1. The maximum Gasteiger partial charge on any atom is 0.294 e. The van der Waals surface area contributed by atoms with Gasteiger partial charge in [0.25, 0.3) is 5.69 Å². The minimum Gasteiger partial charge on any atom is -0.316 e. The molecular formula is C16H15ClN4O2. The largest absolute Gasteiger partial charge is 0.316 e. The topological polar surface area (TPSA) is 97.8 Å². The van der Waals surface area contributed by atoms with E-state index in [4.69, 9.17) is 17.3 Å². The minimum atomic E-state index is -0.863. The van der Waals surface area contributed by atoms with E-state index in [9.17, 15) is 10.1 Å². The number of nitrogens with zero attached hydrogens (tertiary/aromatic N) is 2. The van der Waals surface area contributed by atoms with Crippen LogP contribution in [0.15, 0.2) is 42.5 Å². The standard InChI is InChI=1S/C16H15ClN4O2/c1-2-16(18,10-6-8-11(17)9-7-10)15-12-4-3-5-13(21(22)23)14(12)19-20-15/h3-9H,2,18H2,1H3,(H,19,20). The van der Waals surface area contributed by atoms with E-state index in [0.717, 1.165) is 5.56 Å². The maximum atomic E-state index is 11.2. The van der Waals surface area contributed by atoms with Crippen LogP contribution in [0.4, 0.5) is 5.69 Å². The quantitative estimate of drug-likeness (QED) is 0.562. The van der Waals surface area contributed by atoms with Crippen molar-refractivity contribution in [1.29, 1.82) is 0 Å². The van der Waals surface area contributed by atoms with Crippen molar-refractivity contribution in [3.05, 3.63) is 68.9 Å². The summed E-state index contributed by atoms with van der Waals surface area (Å²) in [6.45, 7) is 1.95. The fourth-order valence-corrected chi connectivity index (χ4v) is 2.90. The number of halogens is 1. The molecule has 0 aliphatic carbocycles. The summed E-state index contributed by atoms with van der Waals surface area (Å²) in [7, 11) is 0. The molecule has 1 heterocycles. The molecule has 3 rings (SSSR count). The van der Waals surface area contributed by atoms with Crippen LogP contribution >= 0.6 is 11.6 Å². The van der Waals surface area contributed by atoms with Gasteiger partial charge in [0.15, 0.2) is 0 Å². The molecule has 6 nitrogen and oxygen atoms in total. The summed E-state index contributed by atoms with van der Waals surface area (Å²) in [5.74, 6) is 0. The SMILES string of the molecule is CCC(N)(c1ccc(Cl)cc1)c1n[nH]c2c([N+](=O)[O-])cccc12. The molecule has 0 aliphatic rings. The van der Waals surface area contributed by atoms with Crippen molar-refractivity contribution >= 4 is 28.2 Å². The first kappa shape index (κ1) is 15.5. The van der Waals surface area contributed by atoms with E-state index < -0.39 is 10.5 Å². The van der Waals surface area contributed by atoms with E-state index in [-0.39, 0.29) is 5.69 Å². The first-order valence-corrected chi connectivity index (χ1v) is 7.52. The maximum absolute atomic E-state index is 11.2. The zero-order chi connectivity index (χ0) is 16.6. The molecule has 1 aromatic heterocycles. The van der Waals surface area contributed by atoms with Crippen LogP contribution in [-0.4, -0.2) is 15.1 Å². The van der Waals surface area contributed by atoms with Crippen molar-refractivity contribution in [2.45, 2.75) is 18.9 Å². The van der Waals surface area contributed by atoms with Gasteiger partial charge >= 0.3 is 0 Å². The van der Waals surface area contributed by atoms with Gasteiger partial charge in [-0.25, -0.2) is 0 Å². The molecule has 118 valence electrons. The van der Waals surface area contributed by atoms with Gasteiger partial charge in [-0.15, -0.1) is 0 Å². The van der Waals surface area contributed by atoms with E-state index in [2.05, 4.69) is 10.2 Å². The highest BCUT2D eigenvalue weighted by Gasteiger charge is 2.33. The van der Waals surface area contributed by atoms with Crippen molar-refractivity contribution < 1.29 is 4.92 Å². The highest BCUT2D eigenvalue weighted by Crippen LogP contribution is 2.36. The number of non-ortho nitro benzene ring substituents is 1. The molecule has 23 heavy (non-hydrogen) atoms. The van der Waals surface area contributed by atoms with Crippen LogP contribution in [0.5, 0.6) is 0 Å². The van der Waals surface area contributed by atoms with Gasteiger partial charge in [-0.05, 0) is 24.1 Å². The van der Waals surface area contributed by atoms with Gasteiger partial charge in [-0.2, -0.15) is 5.10 Å². The smallest absolute Gasteiger partial charge is 0.294 e. The molecule has 0 fully saturated rings. The van der Waals surface area contributed by atoms with E-state index in [1.165, 1.54) is 6.07 Å². The zero-order valence-electron chi connectivity index (χ0n) is 12.4. The number of aromatic nitrogens is 2. The molecule has 0 saturated carbocycles. The van der Waals surface area contributed by atoms with Crippen LogP contribution in [0, 0.1) is 10.1 Å². The van der Waals surface area contributed by atoms with Gasteiger partial charge in [-0.1, -0.05) is 42.8 Å². The lowest BCUT2D eigenvalue weighted by Gasteiger charge is -2.27. The Kier molecular flexibility index (Phi) is 3.79. The average Bonchev–Trinajstić information content (AvgIpc) is 2.99. The number of fused-ring (bicyclic) bond motifs is 1. The third-order valence-electron chi connectivity index (χ3n) is 4.11. The molecule has 0 aliphatic heterocycles. The predicted octanol–water partition coefficient (Wildman–Crippen LogP) is 3.74. The summed E-state index contributed by atoms with van der Waals surface area (Å²) >= 11 is 5.94. The van der Waals surface area contributed by atoms with Gasteiger partial charge in [0.2, 0.25) is 0 Å². The number of hydrogen-bond donors (Lipinski definition) is 2. The van der Waals surface area contributed by atoms with Crippen LogP contribution in [0.3, 0.4) is 0 Å². The number of H-pyrrole nitrogens is 1. The molecule has 2 aromatic carbocycles. The number of nitrogens with two attached hydrogens (primary N) is 1. The van der Waals surface area contributed by atoms with Crippen LogP contribution in [0.1, 0.15) is 24.6 Å². The minimum absolute atomic E-state index is 0.0178. The number of para-hydroxylation sites is 1. The molecule has 1 atom stereocenters. The summed E-state index contributed by atoms with van der Waals surface area (Å²) in [6, 6.07) is 12.1. The third-order valence-corrected chi connectivity index (χ3v) is 4.37. The Hall–Kier alpha value is -2.44. The fourth-order valence-electron chi connectivity index (χ4n) is 2.77. The van der Waals surface area contributed by atoms with Crippen molar-refractivity contribution in [2.75, 3.05) is 0 Å². The van der Waals surface area contributed by atoms with Crippen LogP contribution < -0.4 is 5.73 Å². The van der Waals surface area contributed by atoms with Crippen LogP contribution in [0.2, 0.25) is 5.02 Å². The molecule has 7 heteroatoms. The lowest BCUT2D eigenvalue weighted by molar-refractivity contribution is -0.383. The van der Waals surface area contributed by atoms with E-state index >= 15 is 0 Å². The molecule has 3 N–H and O–H groups in total. The molecule has 0 saturated heterocycles. The predicted molar refractivity (Wildman–Crippen MR) is 89.5 cm³/mol. The molecule has 0 spiro atoms. The first-order chi connectivity index (χ1) is 11.0. The number of aromatic amines is 1. The second-order valence-corrected chi connectivity index (χ2v) is 5.80. The number of nitrogens with one attached hydrogen (secondary N) is 1. The zero-order valence-corrected chi connectivity index (χ0v) is 13.2. The van der Waals surface area contributed by atoms with E-state index in [1.54, 1.807) is 24.3 Å². The Morgan fingerprint density at radius 1 is 1.30 bits per heavy atom. The molecule has 1 unspecified atom stereocenters. The van der Waals surface area contributed by atoms with Gasteiger partial charge in [0, 0.05) is 16.5 Å². The molecule has 0 bridgehead atoms. The second-order valence-electron chi connectivity index (χ2n) is 5.36. The number of rotatable bonds is 4. The normalized spacial score (nSPS) is 13.9. The Bertz CT molecular complexity index is 875. The lowest BCUT2D eigenvalue weighted by atomic mass is 9.83. The molecule has 3 aromatic rings. The lowest BCUT2D eigenvalue weighted by Crippen LogP contribution is -2.37. The monoisotopic (exact) mass is 330 g/mol. The Morgan fingerprint density at radius 3 is 2.61 bits per heavy atom. The Morgan fingerprint density at radius 2 is 2.00 bits per heavy atom. The van der Waals surface area contributed by atoms with Gasteiger partial charge in [0.05, 0.1) is 16.2 Å². The first-order valence-electron chi connectivity index (χ1n) is 7.14. The van der Waals surface area contributed by atoms with Gasteiger partial charge in [-0.3, -0.25) is 15.2 Å². The van der Waals surface area contributed by atoms with Crippen molar-refractivity contribution in [1.82, 2.24) is 10.2 Å². The van der Waals surface area contributed by atoms with Crippen LogP contribution in [-0.2, 0) is 5.54 Å². The highest BCUT2D eigenvalue weighted by molar-refractivity contribution is 6.30. The summed E-state index contributed by atoms with van der Waals surface area (Å²) < 4.78 is 0. The second kappa shape index (κ2) is 5.64. The summed E-state index contributed by atoms with van der Waals surface area (Å²) in [4.78, 5) is 10.7.